The maximum atomic E-state index is 14.5. The van der Waals surface area contributed by atoms with Crippen molar-refractivity contribution in [2.24, 2.45) is 4.99 Å². The van der Waals surface area contributed by atoms with Crippen molar-refractivity contribution in [2.75, 3.05) is 32.9 Å². The van der Waals surface area contributed by atoms with Crippen molar-refractivity contribution in [1.29, 1.82) is 0 Å². The van der Waals surface area contributed by atoms with Gasteiger partial charge in [-0.15, -0.1) is 0 Å². The van der Waals surface area contributed by atoms with Crippen molar-refractivity contribution < 1.29 is 32.9 Å². The molecule has 3 aromatic carbocycles. The van der Waals surface area contributed by atoms with Gasteiger partial charge in [-0.3, -0.25) is 9.89 Å². The quantitative estimate of drug-likeness (QED) is 0.273. The summed E-state index contributed by atoms with van der Waals surface area (Å²) in [4.78, 5) is 22.3. The molecule has 7 nitrogen and oxygen atoms in total. The highest BCUT2D eigenvalue weighted by atomic mass is 35.5. The Bertz CT molecular complexity index is 1480. The molecule has 0 aliphatic carbocycles. The van der Waals surface area contributed by atoms with Crippen LogP contribution in [0.5, 0.6) is 5.75 Å². The molecule has 2 atom stereocenters. The van der Waals surface area contributed by atoms with E-state index in [2.05, 4.69) is 0 Å². The summed E-state index contributed by atoms with van der Waals surface area (Å²) in [5.41, 5.74) is -2.00. The van der Waals surface area contributed by atoms with Gasteiger partial charge in [-0.25, -0.2) is 4.79 Å². The van der Waals surface area contributed by atoms with E-state index in [0.717, 1.165) is 12.1 Å². The number of aliphatic imine (C=N–C) groups is 1. The Labute approximate surface area is 258 Å². The molecule has 2 N–H and O–H groups in total. The Morgan fingerprint density at radius 1 is 0.930 bits per heavy atom. The molecular formula is C31H32Cl2F3N3O4. The van der Waals surface area contributed by atoms with Crippen molar-refractivity contribution in [3.05, 3.63) is 99.0 Å². The van der Waals surface area contributed by atoms with Crippen molar-refractivity contribution in [1.82, 2.24) is 9.80 Å². The largest absolute Gasteiger partial charge is 0.493 e. The van der Waals surface area contributed by atoms with Gasteiger partial charge in [0.05, 0.1) is 30.9 Å². The summed E-state index contributed by atoms with van der Waals surface area (Å²) < 4.78 is 46.9. The lowest BCUT2D eigenvalue weighted by molar-refractivity contribution is -0.137. The molecule has 230 valence electrons. The molecule has 0 bridgehead atoms. The minimum atomic E-state index is -4.63. The first-order valence-corrected chi connectivity index (χ1v) is 14.3. The Hall–Kier alpha value is -3.31. The number of amides is 2. The van der Waals surface area contributed by atoms with E-state index < -0.39 is 28.8 Å². The van der Waals surface area contributed by atoms with Crippen LogP contribution in [0, 0.1) is 0 Å². The Morgan fingerprint density at radius 3 is 1.95 bits per heavy atom. The average Bonchev–Trinajstić information content (AvgIpc) is 3.21. The van der Waals surface area contributed by atoms with Crippen LogP contribution in [0.4, 0.5) is 18.0 Å². The Morgan fingerprint density at radius 2 is 1.47 bits per heavy atom. The lowest BCUT2D eigenvalue weighted by atomic mass is 9.71. The highest BCUT2D eigenvalue weighted by Gasteiger charge is 2.60. The smallest absolute Gasteiger partial charge is 0.416 e. The summed E-state index contributed by atoms with van der Waals surface area (Å²) in [6, 6.07) is 16.2. The molecule has 12 heteroatoms. The van der Waals surface area contributed by atoms with Gasteiger partial charge in [-0.2, -0.15) is 13.2 Å². The molecule has 1 heterocycles. The van der Waals surface area contributed by atoms with Crippen LogP contribution in [-0.2, 0) is 17.3 Å². The van der Waals surface area contributed by atoms with E-state index in [1.165, 1.54) is 15.9 Å². The third-order valence-corrected chi connectivity index (χ3v) is 8.30. The predicted octanol–water partition coefficient (Wildman–Crippen LogP) is 6.71. The van der Waals surface area contributed by atoms with Gasteiger partial charge in [-0.1, -0.05) is 47.5 Å². The van der Waals surface area contributed by atoms with Crippen LogP contribution in [0.2, 0.25) is 10.0 Å². The fourth-order valence-electron chi connectivity index (χ4n) is 5.41. The molecule has 0 saturated carbocycles. The van der Waals surface area contributed by atoms with E-state index in [4.69, 9.17) is 32.9 Å². The third-order valence-electron chi connectivity index (χ3n) is 7.80. The van der Waals surface area contributed by atoms with Gasteiger partial charge in [0.15, 0.2) is 0 Å². The monoisotopic (exact) mass is 637 g/mol. The summed E-state index contributed by atoms with van der Waals surface area (Å²) in [7, 11) is 0. The van der Waals surface area contributed by atoms with Crippen LogP contribution >= 0.6 is 23.2 Å². The van der Waals surface area contributed by atoms with Gasteiger partial charge in [-0.05, 0) is 74.4 Å². The number of aliphatic hydroxyl groups excluding tert-OH is 2. The van der Waals surface area contributed by atoms with Crippen LogP contribution in [0.1, 0.15) is 43.0 Å². The fraction of sp³-hybridized carbons (Fsp3) is 0.355. The average molecular weight is 639 g/mol. The summed E-state index contributed by atoms with van der Waals surface area (Å²) >= 11 is 12.5. The molecule has 3 aromatic rings. The van der Waals surface area contributed by atoms with Gasteiger partial charge in [0, 0.05) is 23.1 Å². The van der Waals surface area contributed by atoms with Crippen molar-refractivity contribution in [2.45, 2.75) is 38.0 Å². The van der Waals surface area contributed by atoms with Crippen molar-refractivity contribution >= 4 is 35.1 Å². The van der Waals surface area contributed by atoms with Gasteiger partial charge in [0.1, 0.15) is 22.7 Å². The summed E-state index contributed by atoms with van der Waals surface area (Å²) in [5, 5.41) is 20.5. The number of benzene rings is 3. The molecule has 1 aliphatic rings. The second-order valence-corrected chi connectivity index (χ2v) is 11.2. The molecule has 0 fully saturated rings. The van der Waals surface area contributed by atoms with E-state index in [1.54, 1.807) is 62.4 Å². The number of nitrogens with zero attached hydrogens (tertiary/aromatic N) is 3. The molecule has 4 rings (SSSR count). The first kappa shape index (κ1) is 32.6. The Kier molecular flexibility index (Phi) is 9.66. The number of hydrogen-bond donors (Lipinski definition) is 2. The van der Waals surface area contributed by atoms with Crippen molar-refractivity contribution in [3.8, 4) is 5.75 Å². The van der Waals surface area contributed by atoms with E-state index in [0.29, 0.717) is 21.2 Å². The van der Waals surface area contributed by atoms with Crippen molar-refractivity contribution in [3.63, 3.8) is 0 Å². The van der Waals surface area contributed by atoms with Gasteiger partial charge >= 0.3 is 12.2 Å². The number of halogens is 5. The number of carbonyl (C=O) groups is 1. The topological polar surface area (TPSA) is 85.6 Å². The molecule has 0 saturated heterocycles. The second kappa shape index (κ2) is 12.7. The maximum Gasteiger partial charge on any atom is 0.416 e. The zero-order chi connectivity index (χ0) is 31.6. The van der Waals surface area contributed by atoms with Crippen LogP contribution in [0.15, 0.2) is 71.7 Å². The fourth-order valence-corrected chi connectivity index (χ4v) is 5.66. The number of rotatable bonds is 9. The molecule has 2 amide bonds. The van der Waals surface area contributed by atoms with Crippen LogP contribution in [0.25, 0.3) is 0 Å². The normalized spacial score (nSPS) is 20.2. The molecule has 0 radical (unpaired) electrons. The number of amidine groups is 1. The SMILES string of the molecule is CCOc1cc(C(F)(F)F)ccc1C1=NC(C)(c2ccc(Cl)cc2)[C@@](C)(c2ccc(Cl)cc2)N1C(=O)N(CCO)CCO. The highest BCUT2D eigenvalue weighted by Crippen LogP contribution is 2.54. The summed E-state index contributed by atoms with van der Waals surface area (Å²) in [6.07, 6.45) is -4.63. The highest BCUT2D eigenvalue weighted by molar-refractivity contribution is 6.30. The number of aliphatic hydroxyl groups is 2. The minimum Gasteiger partial charge on any atom is -0.493 e. The number of hydrogen-bond acceptors (Lipinski definition) is 5. The lowest BCUT2D eigenvalue weighted by Gasteiger charge is -2.46. The third kappa shape index (κ3) is 6.06. The first-order valence-electron chi connectivity index (χ1n) is 13.6. The van der Waals surface area contributed by atoms with E-state index in [1.807, 2.05) is 6.92 Å². The second-order valence-electron chi connectivity index (χ2n) is 10.3. The van der Waals surface area contributed by atoms with Crippen LogP contribution in [-0.4, -0.2) is 64.8 Å². The van der Waals surface area contributed by atoms with E-state index >= 15 is 0 Å². The maximum absolute atomic E-state index is 14.5. The van der Waals surface area contributed by atoms with Crippen LogP contribution < -0.4 is 4.74 Å². The molecule has 1 unspecified atom stereocenters. The number of ether oxygens (including phenoxy) is 1. The summed E-state index contributed by atoms with van der Waals surface area (Å²) in [5.74, 6) is -0.0542. The number of alkyl halides is 3. The molecule has 0 aromatic heterocycles. The molecular weight excluding hydrogens is 606 g/mol. The molecule has 0 spiro atoms. The Balaban J connectivity index is 2.08. The first-order chi connectivity index (χ1) is 20.3. The van der Waals surface area contributed by atoms with E-state index in [-0.39, 0.29) is 50.1 Å². The van der Waals surface area contributed by atoms with Gasteiger partial charge < -0.3 is 19.8 Å². The molecule has 43 heavy (non-hydrogen) atoms. The van der Waals surface area contributed by atoms with Gasteiger partial charge in [0.2, 0.25) is 0 Å². The number of carbonyl (C=O) groups excluding carboxylic acids is 1. The standard InChI is InChI=1S/C31H32Cl2F3N3O4/c1-4-43-26-19-22(31(34,35)36)9-14-25(26)27-37-29(2,20-5-10-23(32)11-6-20)30(3,21-7-12-24(33)13-8-21)39(27)28(42)38(15-17-40)16-18-41/h5-14,19,40-41H,4,15-18H2,1-3H3/t29?,30-/m1/s1. The van der Waals surface area contributed by atoms with Gasteiger partial charge in [0.25, 0.3) is 0 Å². The minimum absolute atomic E-state index is 0.0537. The summed E-state index contributed by atoms with van der Waals surface area (Å²) in [6.45, 7) is 4.34. The van der Waals surface area contributed by atoms with Crippen LogP contribution in [0.3, 0.4) is 0 Å². The zero-order valence-corrected chi connectivity index (χ0v) is 25.3. The van der Waals surface area contributed by atoms with E-state index in [9.17, 15) is 28.2 Å². The predicted molar refractivity (Wildman–Crippen MR) is 160 cm³/mol. The molecule has 1 aliphatic heterocycles. The number of urea groups is 1. The zero-order valence-electron chi connectivity index (χ0n) is 23.8. The lowest BCUT2D eigenvalue weighted by Crippen LogP contribution is -2.58.